The van der Waals surface area contributed by atoms with Crippen LogP contribution in [0.15, 0.2) is 29.1 Å². The Bertz CT molecular complexity index is 648. The number of nitrogens with one attached hydrogen (secondary N) is 1. The standard InChI is InChI=1S/C20H31N3O3S/c1-4-23(5-2)12-18(24)13-26-19-7-6-16(10-20(19)25-3)11-21-9-8-17-14-27-15-22-17/h6-7,10,14-15,18,21,24H,4-5,8-9,11-13H2,1-3H3/t18-/m1/s1. The molecule has 0 spiro atoms. The van der Waals surface area contributed by atoms with E-state index in [0.717, 1.165) is 43.9 Å². The van der Waals surface area contributed by atoms with Crippen LogP contribution in [0, 0.1) is 0 Å². The summed E-state index contributed by atoms with van der Waals surface area (Å²) >= 11 is 1.62. The zero-order valence-electron chi connectivity index (χ0n) is 16.5. The van der Waals surface area contributed by atoms with Gasteiger partial charge in [0.2, 0.25) is 0 Å². The molecule has 0 amide bonds. The lowest BCUT2D eigenvalue weighted by Crippen LogP contribution is -2.35. The minimum Gasteiger partial charge on any atom is -0.493 e. The van der Waals surface area contributed by atoms with Crippen LogP contribution < -0.4 is 14.8 Å². The maximum absolute atomic E-state index is 10.2. The van der Waals surface area contributed by atoms with Crippen LogP contribution in [0.5, 0.6) is 11.5 Å². The van der Waals surface area contributed by atoms with E-state index in [1.807, 2.05) is 23.7 Å². The molecular weight excluding hydrogens is 362 g/mol. The van der Waals surface area contributed by atoms with Crippen LogP contribution in [0.2, 0.25) is 0 Å². The van der Waals surface area contributed by atoms with E-state index in [4.69, 9.17) is 9.47 Å². The van der Waals surface area contributed by atoms with Crippen molar-refractivity contribution >= 4 is 11.3 Å². The quantitative estimate of drug-likeness (QED) is 0.510. The van der Waals surface area contributed by atoms with E-state index in [1.54, 1.807) is 18.4 Å². The Morgan fingerprint density at radius 1 is 1.26 bits per heavy atom. The zero-order chi connectivity index (χ0) is 19.5. The summed E-state index contributed by atoms with van der Waals surface area (Å²) in [5.74, 6) is 1.34. The lowest BCUT2D eigenvalue weighted by Gasteiger charge is -2.22. The summed E-state index contributed by atoms with van der Waals surface area (Å²) in [6.07, 6.45) is 0.397. The molecule has 0 saturated heterocycles. The van der Waals surface area contributed by atoms with Crippen molar-refractivity contribution in [1.29, 1.82) is 0 Å². The van der Waals surface area contributed by atoms with Gasteiger partial charge in [-0.2, -0.15) is 0 Å². The van der Waals surface area contributed by atoms with Gasteiger partial charge in [0.15, 0.2) is 11.5 Å². The highest BCUT2D eigenvalue weighted by Crippen LogP contribution is 2.28. The van der Waals surface area contributed by atoms with Crippen LogP contribution in [-0.4, -0.2) is 61.0 Å². The van der Waals surface area contributed by atoms with Gasteiger partial charge in [-0.3, -0.25) is 0 Å². The number of benzene rings is 1. The summed E-state index contributed by atoms with van der Waals surface area (Å²) in [5, 5.41) is 15.7. The Morgan fingerprint density at radius 3 is 2.74 bits per heavy atom. The fourth-order valence-corrected chi connectivity index (χ4v) is 3.36. The number of nitrogens with zero attached hydrogens (tertiary/aromatic N) is 2. The molecule has 6 nitrogen and oxygen atoms in total. The Hall–Kier alpha value is -1.67. The molecule has 0 aliphatic rings. The van der Waals surface area contributed by atoms with Crippen molar-refractivity contribution in [3.05, 3.63) is 40.3 Å². The van der Waals surface area contributed by atoms with E-state index in [1.165, 1.54) is 0 Å². The van der Waals surface area contributed by atoms with Crippen molar-refractivity contribution in [2.75, 3.05) is 39.9 Å². The summed E-state index contributed by atoms with van der Waals surface area (Å²) in [7, 11) is 1.63. The van der Waals surface area contributed by atoms with E-state index < -0.39 is 6.10 Å². The minimum absolute atomic E-state index is 0.248. The van der Waals surface area contributed by atoms with Gasteiger partial charge in [0.05, 0.1) is 18.3 Å². The highest BCUT2D eigenvalue weighted by molar-refractivity contribution is 7.07. The van der Waals surface area contributed by atoms with Crippen LogP contribution in [0.4, 0.5) is 0 Å². The molecule has 1 aromatic heterocycles. The SMILES string of the molecule is CCN(CC)C[C@@H](O)COc1ccc(CNCCc2cscn2)cc1OC. The number of thiazole rings is 1. The number of aromatic nitrogens is 1. The van der Waals surface area contributed by atoms with Gasteiger partial charge in [0, 0.05) is 31.4 Å². The van der Waals surface area contributed by atoms with Gasteiger partial charge in [-0.1, -0.05) is 19.9 Å². The monoisotopic (exact) mass is 393 g/mol. The zero-order valence-corrected chi connectivity index (χ0v) is 17.3. The van der Waals surface area contributed by atoms with Gasteiger partial charge < -0.3 is 24.8 Å². The summed E-state index contributed by atoms with van der Waals surface area (Å²) in [6.45, 7) is 8.50. The van der Waals surface area contributed by atoms with Gasteiger partial charge in [0.25, 0.3) is 0 Å². The minimum atomic E-state index is -0.526. The molecule has 1 heterocycles. The normalized spacial score (nSPS) is 12.3. The molecule has 1 aromatic carbocycles. The number of aliphatic hydroxyl groups is 1. The summed E-state index contributed by atoms with van der Waals surface area (Å²) in [5.41, 5.74) is 4.11. The van der Waals surface area contributed by atoms with Gasteiger partial charge in [-0.15, -0.1) is 11.3 Å². The van der Waals surface area contributed by atoms with E-state index >= 15 is 0 Å². The average Bonchev–Trinajstić information content (AvgIpc) is 3.21. The van der Waals surface area contributed by atoms with Crippen molar-refractivity contribution in [2.45, 2.75) is 32.9 Å². The Labute approximate surface area is 166 Å². The fourth-order valence-electron chi connectivity index (χ4n) is 2.77. The second kappa shape index (κ2) is 11.9. The average molecular weight is 394 g/mol. The number of hydrogen-bond acceptors (Lipinski definition) is 7. The molecule has 2 N–H and O–H groups in total. The largest absolute Gasteiger partial charge is 0.493 e. The lowest BCUT2D eigenvalue weighted by molar-refractivity contribution is 0.0705. The van der Waals surface area contributed by atoms with Gasteiger partial charge in [0.1, 0.15) is 12.7 Å². The lowest BCUT2D eigenvalue weighted by atomic mass is 10.2. The van der Waals surface area contributed by atoms with Crippen molar-refractivity contribution in [2.24, 2.45) is 0 Å². The highest BCUT2D eigenvalue weighted by atomic mass is 32.1. The number of likely N-dealkylation sites (N-methyl/N-ethyl adjacent to an activating group) is 1. The predicted octanol–water partition coefficient (Wildman–Crippen LogP) is 2.57. The van der Waals surface area contributed by atoms with Crippen molar-refractivity contribution in [3.8, 4) is 11.5 Å². The van der Waals surface area contributed by atoms with Crippen LogP contribution >= 0.6 is 11.3 Å². The first-order valence-electron chi connectivity index (χ1n) is 9.44. The second-order valence-electron chi connectivity index (χ2n) is 6.34. The van der Waals surface area contributed by atoms with Crippen molar-refractivity contribution in [3.63, 3.8) is 0 Å². The number of methoxy groups -OCH3 is 1. The van der Waals surface area contributed by atoms with Crippen molar-refractivity contribution in [1.82, 2.24) is 15.2 Å². The van der Waals surface area contributed by atoms with E-state index in [2.05, 4.69) is 34.4 Å². The van der Waals surface area contributed by atoms with E-state index in [9.17, 15) is 5.11 Å². The maximum atomic E-state index is 10.2. The third-order valence-electron chi connectivity index (χ3n) is 4.39. The summed E-state index contributed by atoms with van der Waals surface area (Å²) in [4.78, 5) is 6.45. The van der Waals surface area contributed by atoms with Crippen LogP contribution in [0.1, 0.15) is 25.1 Å². The molecule has 0 radical (unpaired) electrons. The molecular formula is C20H31N3O3S. The molecule has 0 bridgehead atoms. The first-order valence-corrected chi connectivity index (χ1v) is 10.4. The highest BCUT2D eigenvalue weighted by Gasteiger charge is 2.12. The smallest absolute Gasteiger partial charge is 0.161 e. The van der Waals surface area contributed by atoms with Crippen LogP contribution in [0.25, 0.3) is 0 Å². The van der Waals surface area contributed by atoms with E-state index in [-0.39, 0.29) is 6.61 Å². The van der Waals surface area contributed by atoms with Crippen LogP contribution in [-0.2, 0) is 13.0 Å². The molecule has 1 atom stereocenters. The third kappa shape index (κ3) is 7.46. The second-order valence-corrected chi connectivity index (χ2v) is 7.06. The molecule has 150 valence electrons. The number of hydrogen-bond donors (Lipinski definition) is 2. The molecule has 27 heavy (non-hydrogen) atoms. The number of ether oxygens (including phenoxy) is 2. The maximum Gasteiger partial charge on any atom is 0.161 e. The van der Waals surface area contributed by atoms with Crippen LogP contribution in [0.3, 0.4) is 0 Å². The third-order valence-corrected chi connectivity index (χ3v) is 5.03. The first-order chi connectivity index (χ1) is 13.2. The molecule has 0 saturated carbocycles. The number of rotatable bonds is 13. The summed E-state index contributed by atoms with van der Waals surface area (Å²) in [6, 6.07) is 5.90. The molecule has 2 aromatic rings. The summed E-state index contributed by atoms with van der Waals surface area (Å²) < 4.78 is 11.2. The topological polar surface area (TPSA) is 66.9 Å². The van der Waals surface area contributed by atoms with Crippen molar-refractivity contribution < 1.29 is 14.6 Å². The van der Waals surface area contributed by atoms with Gasteiger partial charge in [-0.25, -0.2) is 4.98 Å². The van der Waals surface area contributed by atoms with Gasteiger partial charge in [-0.05, 0) is 30.8 Å². The van der Waals surface area contributed by atoms with Gasteiger partial charge >= 0.3 is 0 Å². The molecule has 0 aliphatic carbocycles. The predicted molar refractivity (Wildman–Crippen MR) is 110 cm³/mol. The molecule has 0 aliphatic heterocycles. The first kappa shape index (κ1) is 21.6. The molecule has 7 heteroatoms. The fraction of sp³-hybridized carbons (Fsp3) is 0.550. The Balaban J connectivity index is 1.80. The molecule has 0 unspecified atom stereocenters. The Morgan fingerprint density at radius 2 is 2.07 bits per heavy atom. The Kier molecular flexibility index (Phi) is 9.55. The number of aliphatic hydroxyl groups excluding tert-OH is 1. The molecule has 0 fully saturated rings. The van der Waals surface area contributed by atoms with E-state index in [0.29, 0.717) is 18.0 Å². The molecule has 2 rings (SSSR count).